The van der Waals surface area contributed by atoms with E-state index in [1.165, 1.54) is 0 Å². The lowest BCUT2D eigenvalue weighted by Gasteiger charge is -2.25. The van der Waals surface area contributed by atoms with E-state index in [4.69, 9.17) is 5.73 Å². The maximum Gasteiger partial charge on any atom is 0.241 e. The number of benzene rings is 1. The van der Waals surface area contributed by atoms with Gasteiger partial charge in [-0.3, -0.25) is 9.59 Å². The summed E-state index contributed by atoms with van der Waals surface area (Å²) in [6.45, 7) is 7.63. The van der Waals surface area contributed by atoms with Crippen molar-refractivity contribution in [3.05, 3.63) is 29.8 Å². The summed E-state index contributed by atoms with van der Waals surface area (Å²) in [5, 5.41) is 2.85. The first-order chi connectivity index (χ1) is 11.3. The third-order valence-electron chi connectivity index (χ3n) is 4.52. The van der Waals surface area contributed by atoms with Crippen LogP contribution in [0.1, 0.15) is 45.6 Å². The molecule has 1 atom stereocenters. The van der Waals surface area contributed by atoms with Crippen LogP contribution in [-0.4, -0.2) is 35.8 Å². The first kappa shape index (κ1) is 21.5. The van der Waals surface area contributed by atoms with E-state index in [9.17, 15) is 9.59 Å². The molecule has 2 amide bonds. The second kappa shape index (κ2) is 9.20. The fourth-order valence-corrected chi connectivity index (χ4v) is 2.74. The lowest BCUT2D eigenvalue weighted by Crippen LogP contribution is -2.45. The summed E-state index contributed by atoms with van der Waals surface area (Å²) < 4.78 is 0. The Hall–Kier alpha value is -1.59. The van der Waals surface area contributed by atoms with Crippen LogP contribution in [0, 0.1) is 5.41 Å². The Kier molecular flexibility index (Phi) is 7.90. The zero-order valence-electron chi connectivity index (χ0n) is 15.4. The van der Waals surface area contributed by atoms with Crippen LogP contribution >= 0.6 is 12.4 Å². The van der Waals surface area contributed by atoms with Gasteiger partial charge in [-0.05, 0) is 42.4 Å². The summed E-state index contributed by atoms with van der Waals surface area (Å²) in [6, 6.07) is 7.08. The number of hydrogen-bond donors (Lipinski definition) is 2. The highest BCUT2D eigenvalue weighted by molar-refractivity contribution is 5.95. The van der Waals surface area contributed by atoms with E-state index in [1.54, 1.807) is 0 Å². The Morgan fingerprint density at radius 1 is 1.16 bits per heavy atom. The average Bonchev–Trinajstić information content (AvgIpc) is 3.06. The van der Waals surface area contributed by atoms with Crippen molar-refractivity contribution >= 4 is 29.9 Å². The second-order valence-electron chi connectivity index (χ2n) is 7.62. The minimum atomic E-state index is -0.560. The predicted octanol–water partition coefficient (Wildman–Crippen LogP) is 2.98. The van der Waals surface area contributed by atoms with E-state index in [-0.39, 0.29) is 29.6 Å². The van der Waals surface area contributed by atoms with Crippen molar-refractivity contribution < 1.29 is 9.59 Å². The molecule has 0 aromatic heterocycles. The summed E-state index contributed by atoms with van der Waals surface area (Å²) >= 11 is 0. The van der Waals surface area contributed by atoms with E-state index < -0.39 is 6.04 Å². The second-order valence-corrected chi connectivity index (χ2v) is 7.62. The topological polar surface area (TPSA) is 75.4 Å². The van der Waals surface area contributed by atoms with Crippen LogP contribution in [0.3, 0.4) is 0 Å². The molecule has 1 aliphatic heterocycles. The molecule has 0 bridgehead atoms. The van der Waals surface area contributed by atoms with Gasteiger partial charge >= 0.3 is 0 Å². The molecule has 0 unspecified atom stereocenters. The maximum atomic E-state index is 12.1. The zero-order valence-corrected chi connectivity index (χ0v) is 16.2. The van der Waals surface area contributed by atoms with Crippen LogP contribution in [0.4, 0.5) is 5.69 Å². The number of nitrogens with one attached hydrogen (secondary N) is 1. The standard InChI is InChI=1S/C19H29N3O2.ClH/c1-19(2,3)17(20)18(24)21-15-9-6-14(7-10-15)8-11-16(23)22-12-4-5-13-22;/h6-7,9-10,17H,4-5,8,11-13,20H2,1-3H3,(H,21,24);1H/t17-;/m1./s1. The molecule has 2 rings (SSSR count). The Labute approximate surface area is 156 Å². The number of aryl methyl sites for hydroxylation is 1. The Balaban J connectivity index is 0.00000312. The fourth-order valence-electron chi connectivity index (χ4n) is 2.74. The highest BCUT2D eigenvalue weighted by atomic mass is 35.5. The van der Waals surface area contributed by atoms with Gasteiger partial charge in [0.1, 0.15) is 0 Å². The molecule has 0 aliphatic carbocycles. The molecule has 140 valence electrons. The molecule has 5 nitrogen and oxygen atoms in total. The van der Waals surface area contributed by atoms with E-state index in [0.717, 1.165) is 43.6 Å². The molecular weight excluding hydrogens is 338 g/mol. The van der Waals surface area contributed by atoms with Crippen LogP contribution in [0.2, 0.25) is 0 Å². The van der Waals surface area contributed by atoms with E-state index in [0.29, 0.717) is 6.42 Å². The van der Waals surface area contributed by atoms with Gasteiger partial charge in [0.25, 0.3) is 0 Å². The summed E-state index contributed by atoms with van der Waals surface area (Å²) in [5.74, 6) is 0.0560. The van der Waals surface area contributed by atoms with Gasteiger partial charge in [-0.1, -0.05) is 32.9 Å². The number of halogens is 1. The summed E-state index contributed by atoms with van der Waals surface area (Å²) in [4.78, 5) is 26.1. The van der Waals surface area contributed by atoms with Crippen molar-refractivity contribution in [1.29, 1.82) is 0 Å². The summed E-state index contributed by atoms with van der Waals surface area (Å²) in [6.07, 6.45) is 3.51. The molecule has 3 N–H and O–H groups in total. The number of nitrogens with two attached hydrogens (primary N) is 1. The van der Waals surface area contributed by atoms with Gasteiger partial charge in [-0.2, -0.15) is 0 Å². The highest BCUT2D eigenvalue weighted by Gasteiger charge is 2.27. The molecule has 0 saturated carbocycles. The average molecular weight is 368 g/mol. The monoisotopic (exact) mass is 367 g/mol. The van der Waals surface area contributed by atoms with Gasteiger partial charge in [0.2, 0.25) is 11.8 Å². The number of carbonyl (C=O) groups is 2. The minimum absolute atomic E-state index is 0. The van der Waals surface area contributed by atoms with Crippen molar-refractivity contribution in [2.45, 2.75) is 52.5 Å². The molecule has 25 heavy (non-hydrogen) atoms. The quantitative estimate of drug-likeness (QED) is 0.840. The van der Waals surface area contributed by atoms with Gasteiger partial charge in [-0.25, -0.2) is 0 Å². The SMILES string of the molecule is CC(C)(C)[C@H](N)C(=O)Nc1ccc(CCC(=O)N2CCCC2)cc1.Cl. The van der Waals surface area contributed by atoms with Crippen molar-refractivity contribution in [2.24, 2.45) is 11.1 Å². The normalized spacial score (nSPS) is 15.4. The van der Waals surface area contributed by atoms with Crippen LogP contribution in [0.15, 0.2) is 24.3 Å². The van der Waals surface area contributed by atoms with Crippen LogP contribution in [0.5, 0.6) is 0 Å². The minimum Gasteiger partial charge on any atom is -0.343 e. The molecule has 1 fully saturated rings. The molecule has 0 spiro atoms. The molecule has 1 aromatic carbocycles. The number of nitrogens with zero attached hydrogens (tertiary/aromatic N) is 1. The third kappa shape index (κ3) is 6.33. The van der Waals surface area contributed by atoms with Gasteiger partial charge in [-0.15, -0.1) is 12.4 Å². The first-order valence-electron chi connectivity index (χ1n) is 8.70. The van der Waals surface area contributed by atoms with Crippen molar-refractivity contribution in [3.8, 4) is 0 Å². The highest BCUT2D eigenvalue weighted by Crippen LogP contribution is 2.19. The van der Waals surface area contributed by atoms with E-state index in [1.807, 2.05) is 49.9 Å². The van der Waals surface area contributed by atoms with Crippen LogP contribution in [0.25, 0.3) is 0 Å². The summed E-state index contributed by atoms with van der Waals surface area (Å²) in [5.41, 5.74) is 7.51. The number of amides is 2. The molecule has 1 aromatic rings. The largest absolute Gasteiger partial charge is 0.343 e. The van der Waals surface area contributed by atoms with Gasteiger partial charge in [0.05, 0.1) is 6.04 Å². The molecular formula is C19H30ClN3O2. The van der Waals surface area contributed by atoms with Crippen LogP contribution < -0.4 is 11.1 Å². The lowest BCUT2D eigenvalue weighted by atomic mass is 9.87. The van der Waals surface area contributed by atoms with Crippen molar-refractivity contribution in [2.75, 3.05) is 18.4 Å². The van der Waals surface area contributed by atoms with Gasteiger partial charge in [0.15, 0.2) is 0 Å². The number of rotatable bonds is 5. The van der Waals surface area contributed by atoms with E-state index in [2.05, 4.69) is 5.32 Å². The maximum absolute atomic E-state index is 12.1. The molecule has 0 radical (unpaired) electrons. The molecule has 6 heteroatoms. The summed E-state index contributed by atoms with van der Waals surface area (Å²) in [7, 11) is 0. The predicted molar refractivity (Wildman–Crippen MR) is 104 cm³/mol. The number of hydrogen-bond acceptors (Lipinski definition) is 3. The Morgan fingerprint density at radius 2 is 1.72 bits per heavy atom. The third-order valence-corrected chi connectivity index (χ3v) is 4.52. The van der Waals surface area contributed by atoms with E-state index >= 15 is 0 Å². The molecule has 1 saturated heterocycles. The number of anilines is 1. The molecule has 1 heterocycles. The van der Waals surface area contributed by atoms with Crippen molar-refractivity contribution in [1.82, 2.24) is 4.90 Å². The van der Waals surface area contributed by atoms with Gasteiger partial charge in [0, 0.05) is 25.2 Å². The van der Waals surface area contributed by atoms with Crippen LogP contribution in [-0.2, 0) is 16.0 Å². The fraction of sp³-hybridized carbons (Fsp3) is 0.579. The van der Waals surface area contributed by atoms with Gasteiger partial charge < -0.3 is 16.0 Å². The number of carbonyl (C=O) groups excluding carboxylic acids is 2. The first-order valence-corrected chi connectivity index (χ1v) is 8.70. The smallest absolute Gasteiger partial charge is 0.241 e. The molecule has 1 aliphatic rings. The Bertz CT molecular complexity index is 575. The Morgan fingerprint density at radius 3 is 2.24 bits per heavy atom. The zero-order chi connectivity index (χ0) is 17.7. The van der Waals surface area contributed by atoms with Crippen molar-refractivity contribution in [3.63, 3.8) is 0 Å². The lowest BCUT2D eigenvalue weighted by molar-refractivity contribution is -0.130. The number of likely N-dealkylation sites (tertiary alicyclic amines) is 1.